The molecule has 162 valence electrons. The summed E-state index contributed by atoms with van der Waals surface area (Å²) < 4.78 is 18.3. The number of nitrogens with two attached hydrogens (primary N) is 1. The highest BCUT2D eigenvalue weighted by Gasteiger charge is 2.36. The van der Waals surface area contributed by atoms with Gasteiger partial charge in [-0.05, 0) is 18.6 Å². The zero-order valence-electron chi connectivity index (χ0n) is 18.1. The summed E-state index contributed by atoms with van der Waals surface area (Å²) in [7, 11) is 3.09. The van der Waals surface area contributed by atoms with Gasteiger partial charge in [-0.15, -0.1) is 0 Å². The van der Waals surface area contributed by atoms with Crippen LogP contribution < -0.4 is 25.5 Å². The van der Waals surface area contributed by atoms with Crippen LogP contribution in [0.4, 0.5) is 0 Å². The van der Waals surface area contributed by atoms with Gasteiger partial charge in [-0.2, -0.15) is 5.26 Å². The Balaban J connectivity index is 1.96. The van der Waals surface area contributed by atoms with Crippen LogP contribution in [0.3, 0.4) is 0 Å². The molecule has 0 fully saturated rings. The van der Waals surface area contributed by atoms with Gasteiger partial charge in [0, 0.05) is 23.4 Å². The third-order valence-electron chi connectivity index (χ3n) is 5.63. The molecule has 0 saturated heterocycles. The lowest BCUT2D eigenvalue weighted by Gasteiger charge is -2.28. The van der Waals surface area contributed by atoms with E-state index in [9.17, 15) is 10.1 Å². The Morgan fingerprint density at radius 1 is 1.12 bits per heavy atom. The molecule has 0 unspecified atom stereocenters. The first-order chi connectivity index (χ1) is 15.5. The molecule has 7 heteroatoms. The Morgan fingerprint density at radius 3 is 2.53 bits per heavy atom. The van der Waals surface area contributed by atoms with Crippen LogP contribution >= 0.6 is 0 Å². The van der Waals surface area contributed by atoms with Crippen molar-refractivity contribution in [1.29, 1.82) is 5.26 Å². The Kier molecular flexibility index (Phi) is 5.61. The molecule has 7 nitrogen and oxygen atoms in total. The lowest BCUT2D eigenvalue weighted by Crippen LogP contribution is -2.33. The molecule has 0 amide bonds. The van der Waals surface area contributed by atoms with Gasteiger partial charge in [-0.1, -0.05) is 36.4 Å². The molecule has 0 saturated carbocycles. The number of aromatic nitrogens is 1. The predicted octanol–water partition coefficient (Wildman–Crippen LogP) is 3.44. The maximum absolute atomic E-state index is 13.8. The van der Waals surface area contributed by atoms with Crippen LogP contribution in [-0.4, -0.2) is 18.8 Å². The number of nitriles is 1. The predicted molar refractivity (Wildman–Crippen MR) is 120 cm³/mol. The summed E-state index contributed by atoms with van der Waals surface area (Å²) >= 11 is 0. The van der Waals surface area contributed by atoms with Crippen LogP contribution in [-0.2, 0) is 6.54 Å². The van der Waals surface area contributed by atoms with E-state index >= 15 is 0 Å². The van der Waals surface area contributed by atoms with Crippen molar-refractivity contribution >= 4 is 0 Å². The van der Waals surface area contributed by atoms with Crippen molar-refractivity contribution in [3.8, 4) is 23.3 Å². The molecule has 1 aliphatic rings. The number of methoxy groups -OCH3 is 2. The number of hydrogen-bond acceptors (Lipinski definition) is 6. The number of pyridine rings is 1. The molecule has 32 heavy (non-hydrogen) atoms. The van der Waals surface area contributed by atoms with E-state index in [0.717, 1.165) is 11.3 Å². The molecule has 1 aliphatic heterocycles. The second-order valence-electron chi connectivity index (χ2n) is 7.47. The smallest absolute Gasteiger partial charge is 0.259 e. The van der Waals surface area contributed by atoms with E-state index < -0.39 is 5.92 Å². The molecule has 1 aromatic heterocycles. The van der Waals surface area contributed by atoms with Gasteiger partial charge in [-0.25, -0.2) is 0 Å². The Labute approximate surface area is 185 Å². The number of hydrogen-bond donors (Lipinski definition) is 1. The van der Waals surface area contributed by atoms with Gasteiger partial charge in [0.25, 0.3) is 5.56 Å². The quantitative estimate of drug-likeness (QED) is 0.667. The monoisotopic (exact) mass is 429 g/mol. The molecule has 2 N–H and O–H groups in total. The van der Waals surface area contributed by atoms with Crippen LogP contribution in [0.25, 0.3) is 0 Å². The van der Waals surface area contributed by atoms with Crippen molar-refractivity contribution in [1.82, 2.24) is 4.57 Å². The SMILES string of the molecule is COc1ccc([C@H]2C(C#N)=C(N)Oc3cc(C)n(Cc4ccccc4)c(=O)c32)c(OC)c1. The summed E-state index contributed by atoms with van der Waals surface area (Å²) in [5.74, 6) is 0.662. The van der Waals surface area contributed by atoms with Crippen LogP contribution in [0.1, 0.15) is 28.3 Å². The summed E-state index contributed by atoms with van der Waals surface area (Å²) in [6, 6.07) is 18.9. The van der Waals surface area contributed by atoms with Crippen LogP contribution in [0.2, 0.25) is 0 Å². The Hall–Kier alpha value is -4.18. The van der Waals surface area contributed by atoms with Gasteiger partial charge >= 0.3 is 0 Å². The van der Waals surface area contributed by atoms with E-state index in [-0.39, 0.29) is 17.0 Å². The number of nitrogens with zero attached hydrogens (tertiary/aromatic N) is 2. The zero-order valence-corrected chi connectivity index (χ0v) is 18.1. The van der Waals surface area contributed by atoms with E-state index in [2.05, 4.69) is 6.07 Å². The summed E-state index contributed by atoms with van der Waals surface area (Å²) in [5, 5.41) is 9.89. The first-order valence-corrected chi connectivity index (χ1v) is 10.1. The minimum Gasteiger partial charge on any atom is -0.497 e. The fourth-order valence-electron chi connectivity index (χ4n) is 4.02. The molecule has 2 heterocycles. The van der Waals surface area contributed by atoms with E-state index in [1.807, 2.05) is 37.3 Å². The van der Waals surface area contributed by atoms with Gasteiger partial charge < -0.3 is 24.5 Å². The van der Waals surface area contributed by atoms with Gasteiger partial charge in [0.05, 0.1) is 32.2 Å². The third kappa shape index (κ3) is 3.56. The largest absolute Gasteiger partial charge is 0.497 e. The highest BCUT2D eigenvalue weighted by Crippen LogP contribution is 2.44. The number of ether oxygens (including phenoxy) is 3. The molecular formula is C25H23N3O4. The Morgan fingerprint density at radius 2 is 1.88 bits per heavy atom. The van der Waals surface area contributed by atoms with E-state index in [1.54, 1.807) is 35.9 Å². The fraction of sp³-hybridized carbons (Fsp3) is 0.200. The van der Waals surface area contributed by atoms with Crippen molar-refractivity contribution in [2.24, 2.45) is 5.73 Å². The number of benzene rings is 2. The highest BCUT2D eigenvalue weighted by atomic mass is 16.5. The van der Waals surface area contributed by atoms with E-state index in [4.69, 9.17) is 19.9 Å². The standard InChI is InChI=1S/C25H23N3O4/c1-15-11-21-23(25(29)28(15)14-16-7-5-4-6-8-16)22(19(13-26)24(27)32-21)18-10-9-17(30-2)12-20(18)31-3/h4-12,22H,14,27H2,1-3H3/t22-/m0/s1. The summed E-state index contributed by atoms with van der Waals surface area (Å²) in [5.41, 5.74) is 8.71. The van der Waals surface area contributed by atoms with Crippen molar-refractivity contribution in [2.45, 2.75) is 19.4 Å². The molecular weight excluding hydrogens is 406 g/mol. The van der Waals surface area contributed by atoms with Gasteiger partial charge in [0.2, 0.25) is 5.88 Å². The highest BCUT2D eigenvalue weighted by molar-refractivity contribution is 5.59. The lowest BCUT2D eigenvalue weighted by atomic mass is 9.83. The summed E-state index contributed by atoms with van der Waals surface area (Å²) in [4.78, 5) is 13.8. The number of aryl methyl sites for hydroxylation is 1. The average molecular weight is 429 g/mol. The zero-order chi connectivity index (χ0) is 22.8. The van der Waals surface area contributed by atoms with Gasteiger partial charge in [0.15, 0.2) is 0 Å². The number of allylic oxidation sites excluding steroid dienone is 1. The van der Waals surface area contributed by atoms with Gasteiger partial charge in [0.1, 0.15) is 28.9 Å². The van der Waals surface area contributed by atoms with Crippen molar-refractivity contribution in [3.05, 3.63) is 98.8 Å². The number of rotatable bonds is 5. The lowest BCUT2D eigenvalue weighted by molar-refractivity contribution is 0.378. The molecule has 0 bridgehead atoms. The van der Waals surface area contributed by atoms with Crippen LogP contribution in [0, 0.1) is 18.3 Å². The third-order valence-corrected chi connectivity index (χ3v) is 5.63. The second-order valence-corrected chi connectivity index (χ2v) is 7.47. The molecule has 0 aliphatic carbocycles. The normalized spacial score (nSPS) is 14.9. The summed E-state index contributed by atoms with van der Waals surface area (Å²) in [6.07, 6.45) is 0. The first kappa shape index (κ1) is 21.1. The van der Waals surface area contributed by atoms with Crippen LogP contribution in [0.15, 0.2) is 70.8 Å². The first-order valence-electron chi connectivity index (χ1n) is 10.1. The fourth-order valence-corrected chi connectivity index (χ4v) is 4.02. The molecule has 0 spiro atoms. The molecule has 1 atom stereocenters. The maximum atomic E-state index is 13.8. The minimum atomic E-state index is -0.736. The van der Waals surface area contributed by atoms with Crippen molar-refractivity contribution in [2.75, 3.05) is 14.2 Å². The van der Waals surface area contributed by atoms with Gasteiger partial charge in [-0.3, -0.25) is 4.79 Å². The van der Waals surface area contributed by atoms with Crippen molar-refractivity contribution in [3.63, 3.8) is 0 Å². The van der Waals surface area contributed by atoms with E-state index in [0.29, 0.717) is 34.9 Å². The van der Waals surface area contributed by atoms with Crippen molar-refractivity contribution < 1.29 is 14.2 Å². The topological polar surface area (TPSA) is 99.5 Å². The number of fused-ring (bicyclic) bond motifs is 1. The molecule has 4 rings (SSSR count). The van der Waals surface area contributed by atoms with Crippen LogP contribution in [0.5, 0.6) is 17.2 Å². The molecule has 3 aromatic rings. The molecule has 0 radical (unpaired) electrons. The minimum absolute atomic E-state index is 0.0255. The molecule has 2 aromatic carbocycles. The average Bonchev–Trinajstić information content (AvgIpc) is 2.81. The maximum Gasteiger partial charge on any atom is 0.259 e. The summed E-state index contributed by atoms with van der Waals surface area (Å²) in [6.45, 7) is 2.24. The Bertz CT molecular complexity index is 1300. The second kappa shape index (κ2) is 8.52. The van der Waals surface area contributed by atoms with E-state index in [1.165, 1.54) is 7.11 Å².